The van der Waals surface area contributed by atoms with Crippen LogP contribution in [0.2, 0.25) is 0 Å². The Labute approximate surface area is 83.0 Å². The standard InChI is InChI=1S/C10H14O2S/c1-4-8(9-5-6-13-9)12-10(11)7(2)3/h4,8-9H,1-2,5-6H2,3H3. The van der Waals surface area contributed by atoms with Crippen molar-refractivity contribution in [3.8, 4) is 0 Å². The third-order valence-electron chi connectivity index (χ3n) is 1.92. The van der Waals surface area contributed by atoms with Crippen LogP contribution in [0.15, 0.2) is 24.8 Å². The zero-order chi connectivity index (χ0) is 9.84. The van der Waals surface area contributed by atoms with Gasteiger partial charge in [0.1, 0.15) is 6.10 Å². The SMILES string of the molecule is C=CC(OC(=O)C(=C)C)C1CCS1. The van der Waals surface area contributed by atoms with Crippen molar-refractivity contribution in [3.05, 3.63) is 24.8 Å². The first kappa shape index (κ1) is 10.4. The largest absolute Gasteiger partial charge is 0.454 e. The monoisotopic (exact) mass is 198 g/mol. The van der Waals surface area contributed by atoms with E-state index in [1.54, 1.807) is 13.0 Å². The molecule has 0 radical (unpaired) electrons. The summed E-state index contributed by atoms with van der Waals surface area (Å²) >= 11 is 1.81. The van der Waals surface area contributed by atoms with Gasteiger partial charge in [-0.15, -0.1) is 0 Å². The van der Waals surface area contributed by atoms with Crippen LogP contribution < -0.4 is 0 Å². The van der Waals surface area contributed by atoms with Crippen LogP contribution in [-0.2, 0) is 9.53 Å². The number of hydrogen-bond acceptors (Lipinski definition) is 3. The highest BCUT2D eigenvalue weighted by molar-refractivity contribution is 8.01. The minimum atomic E-state index is -0.322. The molecule has 1 heterocycles. The van der Waals surface area contributed by atoms with Crippen molar-refractivity contribution < 1.29 is 9.53 Å². The van der Waals surface area contributed by atoms with E-state index in [2.05, 4.69) is 13.2 Å². The third kappa shape index (κ3) is 2.62. The molecule has 0 aromatic heterocycles. The van der Waals surface area contributed by atoms with Crippen molar-refractivity contribution in [2.45, 2.75) is 24.7 Å². The van der Waals surface area contributed by atoms with Gasteiger partial charge in [-0.25, -0.2) is 4.79 Å². The lowest BCUT2D eigenvalue weighted by atomic mass is 10.2. The molecule has 0 aliphatic carbocycles. The van der Waals surface area contributed by atoms with Crippen molar-refractivity contribution in [1.82, 2.24) is 0 Å². The minimum absolute atomic E-state index is 0.150. The van der Waals surface area contributed by atoms with Crippen LogP contribution in [0.25, 0.3) is 0 Å². The summed E-state index contributed by atoms with van der Waals surface area (Å²) in [5.41, 5.74) is 0.441. The highest BCUT2D eigenvalue weighted by Crippen LogP contribution is 2.32. The normalized spacial score (nSPS) is 22.7. The van der Waals surface area contributed by atoms with Gasteiger partial charge in [0.2, 0.25) is 0 Å². The summed E-state index contributed by atoms with van der Waals surface area (Å²) in [7, 11) is 0. The molecule has 1 rings (SSSR count). The quantitative estimate of drug-likeness (QED) is 0.393. The van der Waals surface area contributed by atoms with Gasteiger partial charge in [-0.3, -0.25) is 0 Å². The van der Waals surface area contributed by atoms with Crippen molar-refractivity contribution in [3.63, 3.8) is 0 Å². The fourth-order valence-corrected chi connectivity index (χ4v) is 1.88. The van der Waals surface area contributed by atoms with Crippen LogP contribution in [0.5, 0.6) is 0 Å². The highest BCUT2D eigenvalue weighted by Gasteiger charge is 2.28. The molecule has 0 amide bonds. The number of thioether (sulfide) groups is 1. The second-order valence-electron chi connectivity index (χ2n) is 3.08. The van der Waals surface area contributed by atoms with Gasteiger partial charge >= 0.3 is 5.97 Å². The molecule has 2 atom stereocenters. The van der Waals surface area contributed by atoms with Crippen LogP contribution in [0.1, 0.15) is 13.3 Å². The van der Waals surface area contributed by atoms with Gasteiger partial charge in [0.05, 0.1) is 0 Å². The Morgan fingerprint density at radius 3 is 2.69 bits per heavy atom. The van der Waals surface area contributed by atoms with Gasteiger partial charge in [-0.2, -0.15) is 11.8 Å². The molecule has 13 heavy (non-hydrogen) atoms. The van der Waals surface area contributed by atoms with Crippen LogP contribution in [-0.4, -0.2) is 23.1 Å². The fourth-order valence-electron chi connectivity index (χ4n) is 1.01. The predicted octanol–water partition coefficient (Wildman–Crippen LogP) is 2.17. The molecule has 1 saturated heterocycles. The van der Waals surface area contributed by atoms with Crippen molar-refractivity contribution in [2.24, 2.45) is 0 Å². The maximum Gasteiger partial charge on any atom is 0.333 e. The third-order valence-corrected chi connectivity index (χ3v) is 3.33. The number of carbonyl (C=O) groups is 1. The van der Waals surface area contributed by atoms with E-state index in [-0.39, 0.29) is 12.1 Å². The van der Waals surface area contributed by atoms with E-state index >= 15 is 0 Å². The Bertz CT molecular complexity index is 231. The van der Waals surface area contributed by atoms with E-state index in [1.807, 2.05) is 11.8 Å². The van der Waals surface area contributed by atoms with E-state index < -0.39 is 0 Å². The number of rotatable bonds is 4. The van der Waals surface area contributed by atoms with Crippen LogP contribution >= 0.6 is 11.8 Å². The van der Waals surface area contributed by atoms with E-state index in [0.717, 1.165) is 12.2 Å². The molecule has 0 spiro atoms. The highest BCUT2D eigenvalue weighted by atomic mass is 32.2. The fraction of sp³-hybridized carbons (Fsp3) is 0.500. The first-order chi connectivity index (χ1) is 6.15. The lowest BCUT2D eigenvalue weighted by Gasteiger charge is -2.30. The average molecular weight is 198 g/mol. The Morgan fingerprint density at radius 1 is 1.77 bits per heavy atom. The van der Waals surface area contributed by atoms with Gasteiger partial charge in [0.15, 0.2) is 0 Å². The number of carbonyl (C=O) groups excluding carboxylic acids is 1. The smallest absolute Gasteiger partial charge is 0.333 e. The second kappa shape index (κ2) is 4.51. The number of hydrogen-bond donors (Lipinski definition) is 0. The minimum Gasteiger partial charge on any atom is -0.454 e. The maximum atomic E-state index is 11.2. The van der Waals surface area contributed by atoms with E-state index in [9.17, 15) is 4.79 Å². The van der Waals surface area contributed by atoms with Crippen molar-refractivity contribution in [2.75, 3.05) is 5.75 Å². The van der Waals surface area contributed by atoms with Gasteiger partial charge in [-0.1, -0.05) is 19.2 Å². The molecule has 0 saturated carbocycles. The Hall–Kier alpha value is -0.700. The zero-order valence-corrected chi connectivity index (χ0v) is 8.60. The van der Waals surface area contributed by atoms with Crippen LogP contribution in [0.3, 0.4) is 0 Å². The average Bonchev–Trinajstić information content (AvgIpc) is 1.99. The molecule has 3 heteroatoms. The molecule has 1 aliphatic heterocycles. The van der Waals surface area contributed by atoms with Gasteiger partial charge < -0.3 is 4.74 Å². The maximum absolute atomic E-state index is 11.2. The molecular formula is C10H14O2S. The lowest BCUT2D eigenvalue weighted by molar-refractivity contribution is -0.142. The second-order valence-corrected chi connectivity index (χ2v) is 4.43. The van der Waals surface area contributed by atoms with Gasteiger partial charge in [0, 0.05) is 10.8 Å². The summed E-state index contributed by atoms with van der Waals surface area (Å²) in [5, 5.41) is 0.404. The molecule has 2 nitrogen and oxygen atoms in total. The van der Waals surface area contributed by atoms with Crippen LogP contribution in [0.4, 0.5) is 0 Å². The Morgan fingerprint density at radius 2 is 2.38 bits per heavy atom. The molecule has 0 aromatic rings. The summed E-state index contributed by atoms with van der Waals surface area (Å²) in [4.78, 5) is 11.2. The molecule has 2 unspecified atom stereocenters. The summed E-state index contributed by atoms with van der Waals surface area (Å²) in [6.07, 6.45) is 2.64. The Balaban J connectivity index is 2.43. The Kier molecular flexibility index (Phi) is 3.60. The predicted molar refractivity (Wildman–Crippen MR) is 55.8 cm³/mol. The first-order valence-corrected chi connectivity index (χ1v) is 5.30. The van der Waals surface area contributed by atoms with E-state index in [1.165, 1.54) is 0 Å². The van der Waals surface area contributed by atoms with Crippen LogP contribution in [0, 0.1) is 0 Å². The lowest BCUT2D eigenvalue weighted by Crippen LogP contribution is -2.33. The molecule has 1 fully saturated rings. The molecular weight excluding hydrogens is 184 g/mol. The molecule has 0 aromatic carbocycles. The summed E-state index contributed by atoms with van der Waals surface area (Å²) in [5.74, 6) is 0.831. The molecule has 72 valence electrons. The molecule has 1 aliphatic rings. The van der Waals surface area contributed by atoms with E-state index in [0.29, 0.717) is 10.8 Å². The summed E-state index contributed by atoms with van der Waals surface area (Å²) in [6.45, 7) is 8.84. The number of esters is 1. The number of ether oxygens (including phenoxy) is 1. The summed E-state index contributed by atoms with van der Waals surface area (Å²) < 4.78 is 5.19. The van der Waals surface area contributed by atoms with Crippen molar-refractivity contribution in [1.29, 1.82) is 0 Å². The summed E-state index contributed by atoms with van der Waals surface area (Å²) in [6, 6.07) is 0. The van der Waals surface area contributed by atoms with Gasteiger partial charge in [0.25, 0.3) is 0 Å². The van der Waals surface area contributed by atoms with Crippen molar-refractivity contribution >= 4 is 17.7 Å². The first-order valence-electron chi connectivity index (χ1n) is 4.26. The zero-order valence-electron chi connectivity index (χ0n) is 7.79. The molecule has 0 bridgehead atoms. The van der Waals surface area contributed by atoms with E-state index in [4.69, 9.17) is 4.74 Å². The molecule has 0 N–H and O–H groups in total. The van der Waals surface area contributed by atoms with Gasteiger partial charge in [-0.05, 0) is 19.1 Å². The topological polar surface area (TPSA) is 26.3 Å².